The minimum atomic E-state index is -0.541. The maximum Gasteiger partial charge on any atom is 0.437 e. The molecule has 1 aliphatic heterocycles. The smallest absolute Gasteiger partial charge is 0.387 e. The fourth-order valence-corrected chi connectivity index (χ4v) is 4.68. The van der Waals surface area contributed by atoms with Crippen LogP contribution in [0.3, 0.4) is 0 Å². The molecule has 3 aromatic rings. The summed E-state index contributed by atoms with van der Waals surface area (Å²) in [7, 11) is 0. The van der Waals surface area contributed by atoms with Gasteiger partial charge < -0.3 is 9.73 Å². The molecule has 0 fully saturated rings. The van der Waals surface area contributed by atoms with Crippen LogP contribution in [-0.2, 0) is 11.3 Å². The van der Waals surface area contributed by atoms with Gasteiger partial charge in [0.05, 0.1) is 17.5 Å². The number of benzene rings is 1. The Morgan fingerprint density at radius 2 is 2.19 bits per heavy atom. The van der Waals surface area contributed by atoms with E-state index < -0.39 is 5.76 Å². The van der Waals surface area contributed by atoms with Gasteiger partial charge >= 0.3 is 5.76 Å². The second-order valence-corrected chi connectivity index (χ2v) is 8.00. The second kappa shape index (κ2) is 7.51. The van der Waals surface area contributed by atoms with Crippen molar-refractivity contribution >= 4 is 29.0 Å². The molecule has 26 heavy (non-hydrogen) atoms. The number of carbonyl (C=O) groups is 1. The molecule has 0 bridgehead atoms. The predicted octanol–water partition coefficient (Wildman–Crippen LogP) is 3.31. The zero-order valence-electron chi connectivity index (χ0n) is 13.9. The summed E-state index contributed by atoms with van der Waals surface area (Å²) < 4.78 is 6.37. The molecule has 4 rings (SSSR count). The van der Waals surface area contributed by atoms with E-state index in [-0.39, 0.29) is 24.9 Å². The highest BCUT2D eigenvalue weighted by atomic mass is 32.2. The molecule has 1 amide bonds. The number of hydrogen-bond donors (Lipinski definition) is 1. The van der Waals surface area contributed by atoms with Crippen molar-refractivity contribution in [2.75, 3.05) is 5.75 Å². The third kappa shape index (κ3) is 3.61. The SMILES string of the molecule is O=C(CCn1nc(-c2cccs2)oc1=O)NC1CCSc2ccccc21. The number of carbonyl (C=O) groups excluding carboxylic acids is 1. The van der Waals surface area contributed by atoms with Gasteiger partial charge in [-0.3, -0.25) is 4.79 Å². The van der Waals surface area contributed by atoms with Crippen molar-refractivity contribution in [2.45, 2.75) is 30.3 Å². The summed E-state index contributed by atoms with van der Waals surface area (Å²) in [5.74, 6) is 0.642. The van der Waals surface area contributed by atoms with Crippen LogP contribution in [0.4, 0.5) is 0 Å². The first kappa shape index (κ1) is 17.1. The van der Waals surface area contributed by atoms with Crippen LogP contribution in [0.25, 0.3) is 10.8 Å². The van der Waals surface area contributed by atoms with E-state index in [2.05, 4.69) is 22.5 Å². The maximum absolute atomic E-state index is 12.4. The first-order chi connectivity index (χ1) is 12.7. The van der Waals surface area contributed by atoms with Gasteiger partial charge in [-0.15, -0.1) is 28.2 Å². The number of fused-ring (bicyclic) bond motifs is 1. The molecule has 8 heteroatoms. The number of thiophene rings is 1. The zero-order valence-corrected chi connectivity index (χ0v) is 15.5. The number of hydrogen-bond acceptors (Lipinski definition) is 6. The van der Waals surface area contributed by atoms with Crippen molar-refractivity contribution in [3.63, 3.8) is 0 Å². The van der Waals surface area contributed by atoms with Crippen molar-refractivity contribution in [2.24, 2.45) is 0 Å². The van der Waals surface area contributed by atoms with Gasteiger partial charge in [-0.25, -0.2) is 4.79 Å². The Morgan fingerprint density at radius 1 is 1.31 bits per heavy atom. The molecule has 1 unspecified atom stereocenters. The number of aryl methyl sites for hydroxylation is 1. The van der Waals surface area contributed by atoms with E-state index in [9.17, 15) is 9.59 Å². The predicted molar refractivity (Wildman–Crippen MR) is 101 cm³/mol. The average molecular weight is 387 g/mol. The summed E-state index contributed by atoms with van der Waals surface area (Å²) in [6.45, 7) is 0.197. The van der Waals surface area contributed by atoms with Gasteiger partial charge in [-0.1, -0.05) is 24.3 Å². The average Bonchev–Trinajstić information content (AvgIpc) is 3.30. The van der Waals surface area contributed by atoms with E-state index in [0.717, 1.165) is 22.6 Å². The van der Waals surface area contributed by atoms with E-state index in [0.29, 0.717) is 5.89 Å². The molecule has 1 aliphatic rings. The molecule has 2 aromatic heterocycles. The lowest BCUT2D eigenvalue weighted by atomic mass is 10.0. The normalized spacial score (nSPS) is 16.2. The first-order valence-electron chi connectivity index (χ1n) is 8.33. The summed E-state index contributed by atoms with van der Waals surface area (Å²) in [5.41, 5.74) is 1.16. The number of nitrogens with one attached hydrogen (secondary N) is 1. The molecule has 0 spiro atoms. The quantitative estimate of drug-likeness (QED) is 0.727. The lowest BCUT2D eigenvalue weighted by molar-refractivity contribution is -0.122. The van der Waals surface area contributed by atoms with Crippen LogP contribution in [0.1, 0.15) is 24.4 Å². The number of nitrogens with zero attached hydrogens (tertiary/aromatic N) is 2. The third-order valence-electron chi connectivity index (χ3n) is 4.18. The maximum atomic E-state index is 12.4. The summed E-state index contributed by atoms with van der Waals surface area (Å²) >= 11 is 3.26. The lowest BCUT2D eigenvalue weighted by Gasteiger charge is -2.25. The summed E-state index contributed by atoms with van der Waals surface area (Å²) in [4.78, 5) is 26.3. The van der Waals surface area contributed by atoms with Gasteiger partial charge in [-0.05, 0) is 29.5 Å². The van der Waals surface area contributed by atoms with Gasteiger partial charge in [0.2, 0.25) is 5.91 Å². The molecular formula is C18H17N3O3S2. The van der Waals surface area contributed by atoms with Crippen LogP contribution in [-0.4, -0.2) is 21.4 Å². The molecule has 0 saturated carbocycles. The topological polar surface area (TPSA) is 77.1 Å². The van der Waals surface area contributed by atoms with Gasteiger partial charge in [0, 0.05) is 17.1 Å². The van der Waals surface area contributed by atoms with Crippen LogP contribution in [0, 0.1) is 0 Å². The van der Waals surface area contributed by atoms with Crippen LogP contribution >= 0.6 is 23.1 Å². The number of rotatable bonds is 5. The molecule has 1 aromatic carbocycles. The van der Waals surface area contributed by atoms with Gasteiger partial charge in [0.25, 0.3) is 5.89 Å². The number of amides is 1. The number of thioether (sulfide) groups is 1. The Labute approximate surface area is 158 Å². The largest absolute Gasteiger partial charge is 0.437 e. The zero-order chi connectivity index (χ0) is 17.9. The standard InChI is InChI=1S/C18H17N3O3S2/c22-16(19-13-8-11-26-14-5-2-1-4-12(13)14)7-9-21-18(23)24-17(20-21)15-6-3-10-25-15/h1-6,10,13H,7-9,11H2,(H,19,22). The van der Waals surface area contributed by atoms with E-state index in [1.54, 1.807) is 0 Å². The van der Waals surface area contributed by atoms with Gasteiger partial charge in [-0.2, -0.15) is 4.68 Å². The van der Waals surface area contributed by atoms with Crippen LogP contribution in [0.15, 0.2) is 55.9 Å². The van der Waals surface area contributed by atoms with Crippen LogP contribution < -0.4 is 11.1 Å². The number of aromatic nitrogens is 2. The monoisotopic (exact) mass is 387 g/mol. The van der Waals surface area contributed by atoms with E-state index >= 15 is 0 Å². The summed E-state index contributed by atoms with van der Waals surface area (Å²) in [6.07, 6.45) is 1.09. The fourth-order valence-electron chi connectivity index (χ4n) is 2.91. The van der Waals surface area contributed by atoms with E-state index in [4.69, 9.17) is 4.42 Å². The molecule has 134 valence electrons. The Balaban J connectivity index is 1.39. The van der Waals surface area contributed by atoms with Crippen molar-refractivity contribution in [1.82, 2.24) is 15.1 Å². The molecule has 3 heterocycles. The molecule has 6 nitrogen and oxygen atoms in total. The first-order valence-corrected chi connectivity index (χ1v) is 10.2. The Bertz CT molecular complexity index is 962. The van der Waals surface area contributed by atoms with Gasteiger partial charge in [0.1, 0.15) is 0 Å². The molecule has 1 atom stereocenters. The van der Waals surface area contributed by atoms with Crippen molar-refractivity contribution in [3.05, 3.63) is 57.9 Å². The lowest BCUT2D eigenvalue weighted by Crippen LogP contribution is -2.32. The van der Waals surface area contributed by atoms with E-state index in [1.807, 2.05) is 41.4 Å². The molecule has 0 radical (unpaired) electrons. The Hall–Kier alpha value is -2.32. The van der Waals surface area contributed by atoms with Crippen molar-refractivity contribution < 1.29 is 9.21 Å². The Kier molecular flexibility index (Phi) is 4.94. The molecule has 0 aliphatic carbocycles. The van der Waals surface area contributed by atoms with E-state index in [1.165, 1.54) is 20.9 Å². The molecular weight excluding hydrogens is 370 g/mol. The highest BCUT2D eigenvalue weighted by Gasteiger charge is 2.22. The molecule has 0 saturated heterocycles. The minimum absolute atomic E-state index is 0.0238. The van der Waals surface area contributed by atoms with Gasteiger partial charge in [0.15, 0.2) is 0 Å². The minimum Gasteiger partial charge on any atom is -0.387 e. The fraction of sp³-hybridized carbons (Fsp3) is 0.278. The van der Waals surface area contributed by atoms with Crippen LogP contribution in [0.2, 0.25) is 0 Å². The van der Waals surface area contributed by atoms with Crippen molar-refractivity contribution in [1.29, 1.82) is 0 Å². The van der Waals surface area contributed by atoms with Crippen LogP contribution in [0.5, 0.6) is 0 Å². The highest BCUT2D eigenvalue weighted by Crippen LogP contribution is 2.35. The highest BCUT2D eigenvalue weighted by molar-refractivity contribution is 7.99. The summed E-state index contributed by atoms with van der Waals surface area (Å²) in [6, 6.07) is 11.9. The Morgan fingerprint density at radius 3 is 3.04 bits per heavy atom. The van der Waals surface area contributed by atoms with Crippen molar-refractivity contribution in [3.8, 4) is 10.8 Å². The molecule has 1 N–H and O–H groups in total. The third-order valence-corrected chi connectivity index (χ3v) is 6.16. The second-order valence-electron chi connectivity index (χ2n) is 5.92. The summed E-state index contributed by atoms with van der Waals surface area (Å²) in [5, 5.41) is 9.14.